The van der Waals surface area contributed by atoms with Crippen molar-refractivity contribution in [2.45, 2.75) is 132 Å². The van der Waals surface area contributed by atoms with Crippen LogP contribution >= 0.6 is 0 Å². The van der Waals surface area contributed by atoms with E-state index in [2.05, 4.69) is 55.4 Å². The summed E-state index contributed by atoms with van der Waals surface area (Å²) in [6.45, 7) is 20.5. The maximum Gasteiger partial charge on any atom is 0.302 e. The van der Waals surface area contributed by atoms with Gasteiger partial charge in [0.15, 0.2) is 0 Å². The van der Waals surface area contributed by atoms with Crippen LogP contribution in [-0.4, -0.2) is 29.1 Å². The highest BCUT2D eigenvalue weighted by atomic mass is 16.5. The van der Waals surface area contributed by atoms with Crippen LogP contribution in [0.15, 0.2) is 0 Å². The number of Topliss-reactive ketones (excluding diaryl/α,β-unsaturated/α-hetero) is 1. The molecule has 4 heteroatoms. The first-order valence-electron chi connectivity index (χ1n) is 14.8. The largest absolute Gasteiger partial charge is 0.462 e. The number of carbonyl (C=O) groups is 2. The molecule has 0 saturated heterocycles. The van der Waals surface area contributed by atoms with E-state index in [9.17, 15) is 14.7 Å². The fourth-order valence-corrected chi connectivity index (χ4v) is 11.4. The molecule has 0 aromatic rings. The highest BCUT2D eigenvalue weighted by Crippen LogP contribution is 2.76. The first kappa shape index (κ1) is 26.7. The van der Waals surface area contributed by atoms with Crippen LogP contribution < -0.4 is 0 Å². The second-order valence-corrected chi connectivity index (χ2v) is 16.3. The third-order valence-electron chi connectivity index (χ3n) is 13.8. The molecule has 5 aliphatic rings. The molecule has 0 heterocycles. The Morgan fingerprint density at radius 2 is 1.50 bits per heavy atom. The molecule has 5 saturated carbocycles. The van der Waals surface area contributed by atoms with Crippen LogP contribution in [0.1, 0.15) is 120 Å². The van der Waals surface area contributed by atoms with E-state index in [0.29, 0.717) is 24.0 Å². The van der Waals surface area contributed by atoms with Crippen molar-refractivity contribution in [3.8, 4) is 0 Å². The van der Waals surface area contributed by atoms with Crippen LogP contribution in [0.25, 0.3) is 0 Å². The molecule has 5 aliphatic carbocycles. The summed E-state index contributed by atoms with van der Waals surface area (Å²) in [5, 5.41) is 11.8. The Labute approximate surface area is 219 Å². The van der Waals surface area contributed by atoms with Gasteiger partial charge in [-0.05, 0) is 96.2 Å². The monoisotopic (exact) mass is 500 g/mol. The van der Waals surface area contributed by atoms with Gasteiger partial charge in [-0.2, -0.15) is 0 Å². The Bertz CT molecular complexity index is 952. The second-order valence-electron chi connectivity index (χ2n) is 16.3. The third kappa shape index (κ3) is 3.34. The van der Waals surface area contributed by atoms with E-state index in [-0.39, 0.29) is 62.5 Å². The summed E-state index contributed by atoms with van der Waals surface area (Å²) in [5.41, 5.74) is -0.167. The molecule has 204 valence electrons. The SMILES string of the molecule is CC(=O)OC1CCC2(C)C(CCC3(C)C2CC(=O)C2C4CC(C)(C)CCC4(C)C(O)CC23C)C1(C)C. The molecule has 5 fully saturated rings. The summed E-state index contributed by atoms with van der Waals surface area (Å²) in [6, 6.07) is 0. The number of hydrogen-bond acceptors (Lipinski definition) is 4. The van der Waals surface area contributed by atoms with E-state index in [1.165, 1.54) is 6.92 Å². The summed E-state index contributed by atoms with van der Waals surface area (Å²) < 4.78 is 5.85. The molecule has 0 aromatic heterocycles. The van der Waals surface area contributed by atoms with Crippen molar-refractivity contribution >= 4 is 11.8 Å². The van der Waals surface area contributed by atoms with Crippen LogP contribution in [0.2, 0.25) is 0 Å². The lowest BCUT2D eigenvalue weighted by molar-refractivity contribution is -0.261. The number of aliphatic hydroxyl groups excluding tert-OH is 1. The van der Waals surface area contributed by atoms with Crippen molar-refractivity contribution in [1.82, 2.24) is 0 Å². The van der Waals surface area contributed by atoms with Gasteiger partial charge in [0.2, 0.25) is 0 Å². The van der Waals surface area contributed by atoms with Gasteiger partial charge in [-0.15, -0.1) is 0 Å². The molecule has 0 bridgehead atoms. The molecular weight excluding hydrogens is 448 g/mol. The smallest absolute Gasteiger partial charge is 0.302 e. The van der Waals surface area contributed by atoms with Gasteiger partial charge in [-0.1, -0.05) is 55.4 Å². The highest BCUT2D eigenvalue weighted by molar-refractivity contribution is 5.84. The quantitative estimate of drug-likeness (QED) is 0.395. The minimum atomic E-state index is -0.343. The highest BCUT2D eigenvalue weighted by Gasteiger charge is 2.73. The lowest BCUT2D eigenvalue weighted by atomic mass is 9.31. The molecule has 10 unspecified atom stereocenters. The molecule has 0 amide bonds. The number of rotatable bonds is 1. The van der Waals surface area contributed by atoms with E-state index < -0.39 is 0 Å². The molecule has 5 rings (SSSR count). The lowest BCUT2D eigenvalue weighted by Gasteiger charge is -2.73. The van der Waals surface area contributed by atoms with Gasteiger partial charge < -0.3 is 9.84 Å². The number of esters is 1. The number of carbonyl (C=O) groups excluding carboxylic acids is 2. The van der Waals surface area contributed by atoms with Gasteiger partial charge >= 0.3 is 5.97 Å². The molecular formula is C32H52O4. The van der Waals surface area contributed by atoms with Gasteiger partial charge in [-0.25, -0.2) is 0 Å². The molecule has 10 atom stereocenters. The number of fused-ring (bicyclic) bond motifs is 7. The number of aliphatic hydroxyl groups is 1. The zero-order valence-electron chi connectivity index (χ0n) is 24.5. The molecule has 0 radical (unpaired) electrons. The van der Waals surface area contributed by atoms with Crippen LogP contribution in [0.3, 0.4) is 0 Å². The van der Waals surface area contributed by atoms with Gasteiger partial charge in [0.05, 0.1) is 6.10 Å². The first-order valence-corrected chi connectivity index (χ1v) is 14.8. The molecule has 1 N–H and O–H groups in total. The van der Waals surface area contributed by atoms with E-state index in [1.54, 1.807) is 0 Å². The van der Waals surface area contributed by atoms with E-state index in [4.69, 9.17) is 4.74 Å². The Kier molecular flexibility index (Phi) is 5.80. The summed E-state index contributed by atoms with van der Waals surface area (Å²) in [5.74, 6) is 1.33. The van der Waals surface area contributed by atoms with Crippen molar-refractivity contribution in [3.05, 3.63) is 0 Å². The van der Waals surface area contributed by atoms with Gasteiger partial charge in [0.1, 0.15) is 11.9 Å². The fourth-order valence-electron chi connectivity index (χ4n) is 11.4. The molecule has 0 aliphatic heterocycles. The van der Waals surface area contributed by atoms with Crippen LogP contribution in [0.5, 0.6) is 0 Å². The van der Waals surface area contributed by atoms with Crippen molar-refractivity contribution < 1.29 is 19.4 Å². The van der Waals surface area contributed by atoms with E-state index >= 15 is 0 Å². The molecule has 0 spiro atoms. The Morgan fingerprint density at radius 1 is 0.833 bits per heavy atom. The maximum atomic E-state index is 14.4. The first-order chi connectivity index (χ1) is 16.4. The zero-order chi connectivity index (χ0) is 26.7. The Morgan fingerprint density at radius 3 is 2.14 bits per heavy atom. The van der Waals surface area contributed by atoms with Crippen molar-refractivity contribution in [3.63, 3.8) is 0 Å². The predicted octanol–water partition coefficient (Wildman–Crippen LogP) is 6.97. The van der Waals surface area contributed by atoms with Gasteiger partial charge in [0, 0.05) is 24.7 Å². The Hall–Kier alpha value is -0.900. The average Bonchev–Trinajstić information content (AvgIpc) is 2.74. The van der Waals surface area contributed by atoms with Crippen molar-refractivity contribution in [2.75, 3.05) is 0 Å². The summed E-state index contributed by atoms with van der Waals surface area (Å²) in [6.07, 6.45) is 8.32. The molecule has 4 nitrogen and oxygen atoms in total. The number of ether oxygens (including phenoxy) is 1. The van der Waals surface area contributed by atoms with Gasteiger partial charge in [-0.3, -0.25) is 9.59 Å². The third-order valence-corrected chi connectivity index (χ3v) is 13.8. The van der Waals surface area contributed by atoms with Crippen LogP contribution in [-0.2, 0) is 14.3 Å². The zero-order valence-corrected chi connectivity index (χ0v) is 24.5. The standard InChI is InChI=1S/C32H52O4/c1-19(33)36-25-11-12-30(7)22(28(25,4)5)10-13-31(8)23(30)16-21(34)26-20-17-27(2,3)14-15-29(20,6)24(35)18-32(26,31)9/h20,22-26,35H,10-18H2,1-9H3. The summed E-state index contributed by atoms with van der Waals surface area (Å²) >= 11 is 0. The van der Waals surface area contributed by atoms with Gasteiger partial charge in [0.25, 0.3) is 0 Å². The average molecular weight is 501 g/mol. The normalized spacial score (nSPS) is 53.3. The number of hydrogen-bond donors (Lipinski definition) is 1. The topological polar surface area (TPSA) is 63.6 Å². The fraction of sp³-hybridized carbons (Fsp3) is 0.938. The van der Waals surface area contributed by atoms with Crippen molar-refractivity contribution in [2.24, 2.45) is 56.2 Å². The van der Waals surface area contributed by atoms with Crippen LogP contribution in [0.4, 0.5) is 0 Å². The molecule has 36 heavy (non-hydrogen) atoms. The van der Waals surface area contributed by atoms with E-state index in [0.717, 1.165) is 51.4 Å². The summed E-state index contributed by atoms with van der Waals surface area (Å²) in [7, 11) is 0. The van der Waals surface area contributed by atoms with Crippen molar-refractivity contribution in [1.29, 1.82) is 0 Å². The number of ketones is 1. The van der Waals surface area contributed by atoms with E-state index in [1.807, 2.05) is 0 Å². The lowest BCUT2D eigenvalue weighted by Crippen LogP contribution is -2.71. The molecule has 0 aromatic carbocycles. The predicted molar refractivity (Wildman–Crippen MR) is 142 cm³/mol. The Balaban J connectivity index is 1.55. The summed E-state index contributed by atoms with van der Waals surface area (Å²) in [4.78, 5) is 26.3. The van der Waals surface area contributed by atoms with Crippen LogP contribution in [0, 0.1) is 56.2 Å². The minimum Gasteiger partial charge on any atom is -0.462 e. The second kappa shape index (κ2) is 7.82. The maximum absolute atomic E-state index is 14.4. The minimum absolute atomic E-state index is 0.0189.